The largest absolute Gasteiger partial charge is 0.416 e. The lowest BCUT2D eigenvalue weighted by molar-refractivity contribution is -0.138. The molecule has 0 aromatic heterocycles. The average Bonchev–Trinajstić information content (AvgIpc) is 2.71. The van der Waals surface area contributed by atoms with E-state index in [1.165, 1.54) is 0 Å². The van der Waals surface area contributed by atoms with Crippen molar-refractivity contribution in [3.63, 3.8) is 0 Å². The van der Waals surface area contributed by atoms with E-state index in [1.807, 2.05) is 0 Å². The van der Waals surface area contributed by atoms with Crippen LogP contribution in [0.15, 0.2) is 36.4 Å². The van der Waals surface area contributed by atoms with Crippen LogP contribution in [0, 0.1) is 11.6 Å². The Labute approximate surface area is 180 Å². The number of hydrogen-bond donors (Lipinski definition) is 2. The van der Waals surface area contributed by atoms with Crippen molar-refractivity contribution >= 4 is 0 Å². The Morgan fingerprint density at radius 1 is 0.625 bits per heavy atom. The monoisotopic (exact) mass is 466 g/mol. The number of halogens is 8. The summed E-state index contributed by atoms with van der Waals surface area (Å²) in [6, 6.07) is 5.02. The molecule has 0 unspecified atom stereocenters. The van der Waals surface area contributed by atoms with E-state index >= 15 is 0 Å². The molecule has 0 bridgehead atoms. The minimum atomic E-state index is -4.60. The molecule has 2 N–H and O–H groups in total. The highest BCUT2D eigenvalue weighted by atomic mass is 19.4. The van der Waals surface area contributed by atoms with E-state index in [0.29, 0.717) is 12.1 Å². The molecule has 0 aliphatic heterocycles. The Morgan fingerprint density at radius 2 is 0.969 bits per heavy atom. The van der Waals surface area contributed by atoms with Gasteiger partial charge in [-0.2, -0.15) is 26.3 Å². The summed E-state index contributed by atoms with van der Waals surface area (Å²) in [7, 11) is 0. The molecule has 3 rings (SSSR count). The van der Waals surface area contributed by atoms with Gasteiger partial charge in [0.05, 0.1) is 11.1 Å². The number of rotatable bonds is 6. The molecule has 2 aromatic rings. The van der Waals surface area contributed by atoms with Crippen LogP contribution in [0.25, 0.3) is 0 Å². The number of hydrogen-bond acceptors (Lipinski definition) is 2. The van der Waals surface area contributed by atoms with E-state index in [9.17, 15) is 35.1 Å². The summed E-state index contributed by atoms with van der Waals surface area (Å²) in [5.74, 6) is -1.83. The van der Waals surface area contributed by atoms with Gasteiger partial charge in [-0.3, -0.25) is 0 Å². The third-order valence-electron chi connectivity index (χ3n) is 5.65. The second-order valence-electron chi connectivity index (χ2n) is 7.92. The van der Waals surface area contributed by atoms with Gasteiger partial charge in [0.1, 0.15) is 11.6 Å². The zero-order valence-electron chi connectivity index (χ0n) is 16.9. The maximum Gasteiger partial charge on any atom is 0.416 e. The molecule has 0 saturated heterocycles. The minimum Gasteiger partial charge on any atom is -0.310 e. The van der Waals surface area contributed by atoms with Crippen LogP contribution < -0.4 is 10.6 Å². The third kappa shape index (κ3) is 6.41. The first-order valence-electron chi connectivity index (χ1n) is 10.1. The van der Waals surface area contributed by atoms with Crippen LogP contribution in [0.5, 0.6) is 0 Å². The van der Waals surface area contributed by atoms with Crippen molar-refractivity contribution in [3.05, 3.63) is 70.3 Å². The van der Waals surface area contributed by atoms with Crippen LogP contribution in [-0.4, -0.2) is 12.1 Å². The van der Waals surface area contributed by atoms with Crippen LogP contribution in [-0.2, 0) is 25.4 Å². The molecule has 2 aromatic carbocycles. The van der Waals surface area contributed by atoms with Gasteiger partial charge in [0, 0.05) is 36.3 Å². The third-order valence-corrected chi connectivity index (χ3v) is 5.65. The van der Waals surface area contributed by atoms with Crippen molar-refractivity contribution in [2.75, 3.05) is 0 Å². The van der Waals surface area contributed by atoms with E-state index in [2.05, 4.69) is 10.6 Å². The Kier molecular flexibility index (Phi) is 7.44. The van der Waals surface area contributed by atoms with Crippen molar-refractivity contribution in [2.24, 2.45) is 0 Å². The second kappa shape index (κ2) is 9.74. The van der Waals surface area contributed by atoms with Gasteiger partial charge in [0.25, 0.3) is 0 Å². The summed E-state index contributed by atoms with van der Waals surface area (Å²) in [5.41, 5.74) is -1.77. The maximum atomic E-state index is 13.9. The molecular formula is C22H22F8N2. The zero-order chi connectivity index (χ0) is 23.5. The van der Waals surface area contributed by atoms with Crippen LogP contribution in [0.3, 0.4) is 0 Å². The average molecular weight is 466 g/mol. The molecule has 0 spiro atoms. The predicted octanol–water partition coefficient (Wildman–Crippen LogP) is 6.19. The Bertz CT molecular complexity index is 840. The summed E-state index contributed by atoms with van der Waals surface area (Å²) >= 11 is 0. The van der Waals surface area contributed by atoms with Gasteiger partial charge in [-0.15, -0.1) is 0 Å². The summed E-state index contributed by atoms with van der Waals surface area (Å²) in [5, 5.41) is 6.29. The van der Waals surface area contributed by atoms with E-state index in [1.54, 1.807) is 0 Å². The van der Waals surface area contributed by atoms with Gasteiger partial charge in [-0.1, -0.05) is 12.1 Å². The Hall–Kier alpha value is -2.20. The lowest BCUT2D eigenvalue weighted by Gasteiger charge is -2.30. The van der Waals surface area contributed by atoms with Gasteiger partial charge in [0.15, 0.2) is 0 Å². The standard InChI is InChI=1S/C22H22F8N2/c23-19-9-15(21(25,26)27)3-1-13(19)11-31-17-5-7-18(8-6-17)32-12-14-2-4-16(10-20(14)24)22(28,29)30/h1-4,9-10,17-18,31-32H,5-8,11-12H2. The van der Waals surface area contributed by atoms with E-state index < -0.39 is 35.1 Å². The molecule has 32 heavy (non-hydrogen) atoms. The molecule has 1 aliphatic rings. The highest BCUT2D eigenvalue weighted by molar-refractivity contribution is 5.27. The van der Waals surface area contributed by atoms with Crippen molar-refractivity contribution in [2.45, 2.75) is 63.2 Å². The van der Waals surface area contributed by atoms with E-state index in [-0.39, 0.29) is 36.3 Å². The quantitative estimate of drug-likeness (QED) is 0.496. The molecule has 0 atom stereocenters. The van der Waals surface area contributed by atoms with Crippen molar-refractivity contribution in [1.29, 1.82) is 0 Å². The number of nitrogens with one attached hydrogen (secondary N) is 2. The maximum absolute atomic E-state index is 13.9. The summed E-state index contributed by atoms with van der Waals surface area (Å²) in [6.07, 6.45) is -6.32. The van der Waals surface area contributed by atoms with Gasteiger partial charge in [-0.25, -0.2) is 8.78 Å². The van der Waals surface area contributed by atoms with Gasteiger partial charge in [-0.05, 0) is 49.9 Å². The molecule has 0 radical (unpaired) electrons. The summed E-state index contributed by atoms with van der Waals surface area (Å²) in [6.45, 7) is 0.201. The lowest BCUT2D eigenvalue weighted by Crippen LogP contribution is -2.39. The smallest absolute Gasteiger partial charge is 0.310 e. The van der Waals surface area contributed by atoms with Crippen LogP contribution >= 0.6 is 0 Å². The Morgan fingerprint density at radius 3 is 1.25 bits per heavy atom. The first-order valence-corrected chi connectivity index (χ1v) is 10.1. The van der Waals surface area contributed by atoms with E-state index in [0.717, 1.165) is 49.9 Å². The normalized spacial score (nSPS) is 19.9. The Balaban J connectivity index is 1.44. The SMILES string of the molecule is Fc1cc(C(F)(F)F)ccc1CNC1CCC(NCc2ccc(C(F)(F)F)cc2F)CC1. The molecule has 0 amide bonds. The van der Waals surface area contributed by atoms with E-state index in [4.69, 9.17) is 0 Å². The van der Waals surface area contributed by atoms with Crippen LogP contribution in [0.4, 0.5) is 35.1 Å². The van der Waals surface area contributed by atoms with Crippen molar-refractivity contribution in [3.8, 4) is 0 Å². The summed E-state index contributed by atoms with van der Waals surface area (Å²) < 4.78 is 104. The molecule has 1 aliphatic carbocycles. The molecular weight excluding hydrogens is 444 g/mol. The highest BCUT2D eigenvalue weighted by Gasteiger charge is 2.32. The fourth-order valence-corrected chi connectivity index (χ4v) is 3.74. The van der Waals surface area contributed by atoms with Crippen molar-refractivity contribution < 1.29 is 35.1 Å². The number of benzene rings is 2. The van der Waals surface area contributed by atoms with Gasteiger partial charge < -0.3 is 10.6 Å². The minimum absolute atomic E-state index is 0.0533. The topological polar surface area (TPSA) is 24.1 Å². The number of alkyl halides is 6. The molecule has 1 fully saturated rings. The molecule has 2 nitrogen and oxygen atoms in total. The molecule has 176 valence electrons. The molecule has 1 saturated carbocycles. The highest BCUT2D eigenvalue weighted by Crippen LogP contribution is 2.31. The molecule has 0 heterocycles. The fourth-order valence-electron chi connectivity index (χ4n) is 3.74. The van der Waals surface area contributed by atoms with Gasteiger partial charge in [0.2, 0.25) is 0 Å². The zero-order valence-corrected chi connectivity index (χ0v) is 16.9. The first-order chi connectivity index (χ1) is 14.9. The second-order valence-corrected chi connectivity index (χ2v) is 7.92. The van der Waals surface area contributed by atoms with Crippen LogP contribution in [0.1, 0.15) is 47.9 Å². The predicted molar refractivity (Wildman–Crippen MR) is 103 cm³/mol. The lowest BCUT2D eigenvalue weighted by atomic mass is 9.91. The van der Waals surface area contributed by atoms with Crippen LogP contribution in [0.2, 0.25) is 0 Å². The summed E-state index contributed by atoms with van der Waals surface area (Å²) in [4.78, 5) is 0. The molecule has 10 heteroatoms. The fraction of sp³-hybridized carbons (Fsp3) is 0.455. The van der Waals surface area contributed by atoms with Crippen molar-refractivity contribution in [1.82, 2.24) is 10.6 Å². The van der Waals surface area contributed by atoms with Gasteiger partial charge >= 0.3 is 12.4 Å². The first kappa shape index (κ1) is 24.4.